The summed E-state index contributed by atoms with van der Waals surface area (Å²) in [5, 5.41) is 21.2. The number of aromatic nitrogens is 1. The van der Waals surface area contributed by atoms with Gasteiger partial charge in [-0.2, -0.15) is 4.31 Å². The summed E-state index contributed by atoms with van der Waals surface area (Å²) in [6.45, 7) is 0.0832. The maximum atomic E-state index is 13.4. The number of benzene rings is 2. The van der Waals surface area contributed by atoms with Crippen molar-refractivity contribution in [1.82, 2.24) is 9.29 Å². The van der Waals surface area contributed by atoms with Crippen molar-refractivity contribution < 1.29 is 18.6 Å². The lowest BCUT2D eigenvalue weighted by Crippen LogP contribution is -2.48. The summed E-state index contributed by atoms with van der Waals surface area (Å²) in [7, 11) is -3.83. The molecular weight excluding hydrogens is 376 g/mol. The van der Waals surface area contributed by atoms with Crippen molar-refractivity contribution in [3.63, 3.8) is 0 Å². The van der Waals surface area contributed by atoms with Crippen molar-refractivity contribution in [1.29, 1.82) is 0 Å². The molecule has 1 aliphatic heterocycles. The first-order chi connectivity index (χ1) is 13.5. The number of hydrogen-bond donors (Lipinski definition) is 2. The van der Waals surface area contributed by atoms with Crippen molar-refractivity contribution in [2.45, 2.75) is 30.0 Å². The fourth-order valence-corrected chi connectivity index (χ4v) is 5.48. The minimum atomic E-state index is -3.83. The third kappa shape index (κ3) is 3.28. The number of phenols is 1. The number of phenolic OH excluding ortho intramolecular Hbond substituents is 1. The van der Waals surface area contributed by atoms with E-state index in [1.54, 1.807) is 67.0 Å². The molecule has 2 aromatic carbocycles. The molecule has 0 unspecified atom stereocenters. The third-order valence-electron chi connectivity index (χ3n) is 5.04. The summed E-state index contributed by atoms with van der Waals surface area (Å²) in [6, 6.07) is 16.1. The van der Waals surface area contributed by atoms with E-state index in [9.17, 15) is 18.6 Å². The van der Waals surface area contributed by atoms with Gasteiger partial charge in [-0.3, -0.25) is 4.98 Å². The van der Waals surface area contributed by atoms with Crippen LogP contribution in [0.15, 0.2) is 78.0 Å². The number of sulfonamides is 1. The lowest BCUT2D eigenvalue weighted by atomic mass is 9.95. The Bertz CT molecular complexity index is 1090. The van der Waals surface area contributed by atoms with Crippen LogP contribution in [-0.4, -0.2) is 34.0 Å². The van der Waals surface area contributed by atoms with Crippen LogP contribution in [0.4, 0.5) is 0 Å². The molecular formula is C21H20N2O4S. The summed E-state index contributed by atoms with van der Waals surface area (Å²) in [5.74, 6) is 0.0762. The number of pyridine rings is 1. The fraction of sp³-hybridized carbons (Fsp3) is 0.190. The molecule has 0 radical (unpaired) electrons. The summed E-state index contributed by atoms with van der Waals surface area (Å²) in [6.07, 6.45) is 2.40. The molecule has 0 fully saturated rings. The lowest BCUT2D eigenvalue weighted by molar-refractivity contribution is 0.0766. The van der Waals surface area contributed by atoms with Gasteiger partial charge in [-0.25, -0.2) is 8.42 Å². The predicted molar refractivity (Wildman–Crippen MR) is 104 cm³/mol. The van der Waals surface area contributed by atoms with Gasteiger partial charge in [0, 0.05) is 24.5 Å². The highest BCUT2D eigenvalue weighted by Gasteiger charge is 2.43. The number of aliphatic hydroxyl groups excluding tert-OH is 1. The van der Waals surface area contributed by atoms with Crippen LogP contribution in [0.1, 0.15) is 22.8 Å². The van der Waals surface area contributed by atoms with Crippen LogP contribution in [0.3, 0.4) is 0 Å². The molecule has 1 aromatic heterocycles. The first-order valence-corrected chi connectivity index (χ1v) is 10.4. The second-order valence-corrected chi connectivity index (χ2v) is 8.65. The van der Waals surface area contributed by atoms with Gasteiger partial charge in [0.25, 0.3) is 0 Å². The number of para-hydroxylation sites is 1. The highest BCUT2D eigenvalue weighted by Crippen LogP contribution is 2.39. The van der Waals surface area contributed by atoms with E-state index < -0.39 is 22.2 Å². The smallest absolute Gasteiger partial charge is 0.244 e. The molecule has 144 valence electrons. The Balaban J connectivity index is 1.81. The average Bonchev–Trinajstić information content (AvgIpc) is 2.71. The second-order valence-electron chi connectivity index (χ2n) is 6.79. The molecule has 28 heavy (non-hydrogen) atoms. The topological polar surface area (TPSA) is 90.7 Å². The molecule has 0 aliphatic carbocycles. The SMILES string of the molecule is O=S1(=O)c2ccccc2[C@H](O)[C@H](Cc2ccccc2O)N1Cc1cccnc1. The van der Waals surface area contributed by atoms with Crippen LogP contribution in [0.2, 0.25) is 0 Å². The number of nitrogens with zero attached hydrogens (tertiary/aromatic N) is 2. The monoisotopic (exact) mass is 396 g/mol. The van der Waals surface area contributed by atoms with E-state index in [1.807, 2.05) is 0 Å². The Kier molecular flexibility index (Phi) is 4.89. The van der Waals surface area contributed by atoms with Gasteiger partial charge in [0.1, 0.15) is 5.75 Å². The summed E-state index contributed by atoms with van der Waals surface area (Å²) >= 11 is 0. The van der Waals surface area contributed by atoms with Gasteiger partial charge in [-0.05, 0) is 35.7 Å². The molecule has 2 heterocycles. The molecule has 0 bridgehead atoms. The first kappa shape index (κ1) is 18.6. The van der Waals surface area contributed by atoms with Crippen LogP contribution >= 0.6 is 0 Å². The van der Waals surface area contributed by atoms with E-state index in [2.05, 4.69) is 4.98 Å². The highest BCUT2D eigenvalue weighted by atomic mass is 32.2. The molecule has 6 nitrogen and oxygen atoms in total. The zero-order valence-corrected chi connectivity index (χ0v) is 15.8. The van der Waals surface area contributed by atoms with Crippen LogP contribution in [0.25, 0.3) is 0 Å². The van der Waals surface area contributed by atoms with E-state index in [4.69, 9.17) is 0 Å². The van der Waals surface area contributed by atoms with E-state index in [1.165, 1.54) is 10.4 Å². The quantitative estimate of drug-likeness (QED) is 0.708. The number of fused-ring (bicyclic) bond motifs is 1. The average molecular weight is 396 g/mol. The zero-order chi connectivity index (χ0) is 19.7. The zero-order valence-electron chi connectivity index (χ0n) is 15.0. The molecule has 3 aromatic rings. The standard InChI is InChI=1S/C21H20N2O4S/c24-19-9-3-1-7-16(19)12-18-21(25)17-8-2-4-10-20(17)28(26,27)23(18)14-15-6-5-11-22-13-15/h1-11,13,18,21,24-25H,12,14H2/t18-,21-/m0/s1. The number of aliphatic hydroxyl groups is 1. The lowest BCUT2D eigenvalue weighted by Gasteiger charge is -2.39. The van der Waals surface area contributed by atoms with Crippen molar-refractivity contribution >= 4 is 10.0 Å². The Morgan fingerprint density at radius 3 is 2.50 bits per heavy atom. The number of hydrogen-bond acceptors (Lipinski definition) is 5. The van der Waals surface area contributed by atoms with E-state index in [-0.39, 0.29) is 23.6 Å². The van der Waals surface area contributed by atoms with Crippen molar-refractivity contribution in [3.8, 4) is 5.75 Å². The Morgan fingerprint density at radius 2 is 1.75 bits per heavy atom. The molecule has 0 saturated heterocycles. The van der Waals surface area contributed by atoms with E-state index in [0.29, 0.717) is 11.1 Å². The number of rotatable bonds is 4. The maximum absolute atomic E-state index is 13.4. The van der Waals surface area contributed by atoms with E-state index in [0.717, 1.165) is 5.56 Å². The second kappa shape index (κ2) is 7.35. The van der Waals surface area contributed by atoms with Crippen molar-refractivity contribution in [2.75, 3.05) is 0 Å². The Morgan fingerprint density at radius 1 is 1.00 bits per heavy atom. The molecule has 1 aliphatic rings. The van der Waals surface area contributed by atoms with Crippen LogP contribution < -0.4 is 0 Å². The molecule has 2 N–H and O–H groups in total. The Labute approximate surface area is 163 Å². The minimum absolute atomic E-state index is 0.0762. The molecule has 4 rings (SSSR count). The molecule has 0 saturated carbocycles. The molecule has 2 atom stereocenters. The fourth-order valence-electron chi connectivity index (χ4n) is 3.63. The largest absolute Gasteiger partial charge is 0.508 e. The van der Waals surface area contributed by atoms with Crippen molar-refractivity contribution in [2.24, 2.45) is 0 Å². The van der Waals surface area contributed by atoms with Gasteiger partial charge in [-0.1, -0.05) is 42.5 Å². The van der Waals surface area contributed by atoms with Gasteiger partial charge in [0.15, 0.2) is 0 Å². The highest BCUT2D eigenvalue weighted by molar-refractivity contribution is 7.89. The summed E-state index contributed by atoms with van der Waals surface area (Å²) in [5.41, 5.74) is 1.68. The third-order valence-corrected chi connectivity index (χ3v) is 6.99. The van der Waals surface area contributed by atoms with Crippen LogP contribution in [0, 0.1) is 0 Å². The molecule has 0 amide bonds. The van der Waals surface area contributed by atoms with E-state index >= 15 is 0 Å². The summed E-state index contributed by atoms with van der Waals surface area (Å²) in [4.78, 5) is 4.17. The Hall–Kier alpha value is -2.74. The van der Waals surface area contributed by atoms with Crippen LogP contribution in [-0.2, 0) is 23.0 Å². The normalized spacial score (nSPS) is 21.2. The van der Waals surface area contributed by atoms with Gasteiger partial charge in [0.05, 0.1) is 17.0 Å². The first-order valence-electron chi connectivity index (χ1n) is 8.93. The summed E-state index contributed by atoms with van der Waals surface area (Å²) < 4.78 is 28.1. The number of aromatic hydroxyl groups is 1. The van der Waals surface area contributed by atoms with Gasteiger partial charge in [-0.15, -0.1) is 0 Å². The van der Waals surface area contributed by atoms with Crippen molar-refractivity contribution in [3.05, 3.63) is 89.7 Å². The predicted octanol–water partition coefficient (Wildman–Crippen LogP) is 2.64. The minimum Gasteiger partial charge on any atom is -0.508 e. The maximum Gasteiger partial charge on any atom is 0.244 e. The van der Waals surface area contributed by atoms with Gasteiger partial charge < -0.3 is 10.2 Å². The van der Waals surface area contributed by atoms with Gasteiger partial charge >= 0.3 is 0 Å². The van der Waals surface area contributed by atoms with Crippen LogP contribution in [0.5, 0.6) is 5.75 Å². The van der Waals surface area contributed by atoms with Gasteiger partial charge in [0.2, 0.25) is 10.0 Å². The molecule has 7 heteroatoms. The molecule has 0 spiro atoms.